The van der Waals surface area contributed by atoms with Crippen LogP contribution in [0, 0.1) is 19.8 Å². The standard InChI is InChI=1S/C18H24N4O3S/c1-13-6-4-8-16(14(13)2)20-18(23)15-7-5-9-22(10-15)26(24,25)17-11-21(3)12-19-17/h4,6,8,11-12,15H,5,7,9-10H2,1-3H3,(H,20,23)/t15-/m0/s1. The number of benzene rings is 1. The van der Waals surface area contributed by atoms with Crippen molar-refractivity contribution in [3.8, 4) is 0 Å². The zero-order valence-electron chi connectivity index (χ0n) is 15.3. The fourth-order valence-corrected chi connectivity index (χ4v) is 4.64. The number of anilines is 1. The number of aryl methyl sites for hydroxylation is 2. The van der Waals surface area contributed by atoms with Crippen LogP contribution in [-0.4, -0.2) is 41.3 Å². The van der Waals surface area contributed by atoms with Crippen LogP contribution in [0.3, 0.4) is 0 Å². The molecule has 1 fully saturated rings. The van der Waals surface area contributed by atoms with Crippen molar-refractivity contribution in [2.45, 2.75) is 31.7 Å². The summed E-state index contributed by atoms with van der Waals surface area (Å²) in [6.45, 7) is 4.54. The van der Waals surface area contributed by atoms with E-state index in [1.165, 1.54) is 16.8 Å². The highest BCUT2D eigenvalue weighted by Crippen LogP contribution is 2.25. The van der Waals surface area contributed by atoms with Crippen LogP contribution in [-0.2, 0) is 21.9 Å². The topological polar surface area (TPSA) is 84.3 Å². The maximum Gasteiger partial charge on any atom is 0.262 e. The van der Waals surface area contributed by atoms with Gasteiger partial charge in [0.2, 0.25) is 5.91 Å². The van der Waals surface area contributed by atoms with E-state index >= 15 is 0 Å². The first-order chi connectivity index (χ1) is 12.3. The molecule has 0 radical (unpaired) electrons. The second-order valence-electron chi connectivity index (χ2n) is 6.82. The second-order valence-corrected chi connectivity index (χ2v) is 8.70. The quantitative estimate of drug-likeness (QED) is 0.885. The summed E-state index contributed by atoms with van der Waals surface area (Å²) in [6.07, 6.45) is 4.26. The highest BCUT2D eigenvalue weighted by Gasteiger charge is 2.34. The molecule has 0 aliphatic carbocycles. The number of piperidine rings is 1. The first-order valence-electron chi connectivity index (χ1n) is 8.64. The summed E-state index contributed by atoms with van der Waals surface area (Å²) >= 11 is 0. The maximum absolute atomic E-state index is 12.7. The van der Waals surface area contributed by atoms with E-state index in [0.29, 0.717) is 19.4 Å². The minimum atomic E-state index is -3.67. The number of rotatable bonds is 4. The van der Waals surface area contributed by atoms with E-state index in [1.807, 2.05) is 32.0 Å². The number of carbonyl (C=O) groups excluding carboxylic acids is 1. The van der Waals surface area contributed by atoms with Crippen LogP contribution in [0.1, 0.15) is 24.0 Å². The Bertz CT molecular complexity index is 920. The molecule has 7 nitrogen and oxygen atoms in total. The average Bonchev–Trinajstić information content (AvgIpc) is 3.06. The number of nitrogens with one attached hydrogen (secondary N) is 1. The van der Waals surface area contributed by atoms with E-state index in [1.54, 1.807) is 11.6 Å². The Morgan fingerprint density at radius 2 is 2.08 bits per heavy atom. The third-order valence-corrected chi connectivity index (χ3v) is 6.65. The molecule has 1 aromatic heterocycles. The van der Waals surface area contributed by atoms with Crippen molar-refractivity contribution in [1.82, 2.24) is 13.9 Å². The third kappa shape index (κ3) is 3.66. The fraction of sp³-hybridized carbons (Fsp3) is 0.444. The molecule has 1 aliphatic heterocycles. The Balaban J connectivity index is 1.74. The Morgan fingerprint density at radius 1 is 1.31 bits per heavy atom. The van der Waals surface area contributed by atoms with Gasteiger partial charge in [0.1, 0.15) is 0 Å². The van der Waals surface area contributed by atoms with Crippen molar-refractivity contribution in [3.63, 3.8) is 0 Å². The van der Waals surface area contributed by atoms with Gasteiger partial charge >= 0.3 is 0 Å². The Hall–Kier alpha value is -2.19. The van der Waals surface area contributed by atoms with Gasteiger partial charge in [-0.3, -0.25) is 4.79 Å². The molecule has 0 bridgehead atoms. The molecule has 3 rings (SSSR count). The number of hydrogen-bond acceptors (Lipinski definition) is 4. The van der Waals surface area contributed by atoms with Crippen molar-refractivity contribution >= 4 is 21.6 Å². The van der Waals surface area contributed by atoms with Gasteiger partial charge in [0.25, 0.3) is 10.0 Å². The van der Waals surface area contributed by atoms with Crippen LogP contribution in [0.5, 0.6) is 0 Å². The second kappa shape index (κ2) is 7.20. The number of aromatic nitrogens is 2. The van der Waals surface area contributed by atoms with E-state index in [0.717, 1.165) is 16.8 Å². The van der Waals surface area contributed by atoms with Gasteiger partial charge in [-0.25, -0.2) is 13.4 Å². The summed E-state index contributed by atoms with van der Waals surface area (Å²) in [7, 11) is -1.95. The monoisotopic (exact) mass is 376 g/mol. The molecule has 0 unspecified atom stereocenters. The van der Waals surface area contributed by atoms with Crippen LogP contribution in [0.4, 0.5) is 5.69 Å². The summed E-state index contributed by atoms with van der Waals surface area (Å²) < 4.78 is 28.5. The summed E-state index contributed by atoms with van der Waals surface area (Å²) in [5.74, 6) is -0.512. The Labute approximate surface area is 154 Å². The van der Waals surface area contributed by atoms with E-state index in [9.17, 15) is 13.2 Å². The number of nitrogens with zero attached hydrogens (tertiary/aromatic N) is 3. The summed E-state index contributed by atoms with van der Waals surface area (Å²) in [5, 5.41) is 2.98. The number of hydrogen-bond donors (Lipinski definition) is 1. The van der Waals surface area contributed by atoms with Gasteiger partial charge in [-0.2, -0.15) is 4.31 Å². The third-order valence-electron chi connectivity index (χ3n) is 4.90. The van der Waals surface area contributed by atoms with Gasteiger partial charge in [0, 0.05) is 32.0 Å². The smallest absolute Gasteiger partial charge is 0.262 e. The molecule has 2 aromatic rings. The largest absolute Gasteiger partial charge is 0.339 e. The summed E-state index contributed by atoms with van der Waals surface area (Å²) in [5.41, 5.74) is 2.90. The molecule has 1 N–H and O–H groups in total. The highest BCUT2D eigenvalue weighted by molar-refractivity contribution is 7.89. The van der Waals surface area contributed by atoms with Gasteiger partial charge in [-0.15, -0.1) is 0 Å². The lowest BCUT2D eigenvalue weighted by Crippen LogP contribution is -2.43. The van der Waals surface area contributed by atoms with Crippen molar-refractivity contribution in [3.05, 3.63) is 41.9 Å². The summed E-state index contributed by atoms with van der Waals surface area (Å²) in [6, 6.07) is 5.76. The first-order valence-corrected chi connectivity index (χ1v) is 10.1. The van der Waals surface area contributed by atoms with E-state index in [2.05, 4.69) is 10.3 Å². The van der Waals surface area contributed by atoms with Crippen LogP contribution in [0.15, 0.2) is 35.7 Å². The van der Waals surface area contributed by atoms with Crippen LogP contribution in [0.2, 0.25) is 0 Å². The Kier molecular flexibility index (Phi) is 5.15. The number of amides is 1. The number of sulfonamides is 1. The fourth-order valence-electron chi connectivity index (χ4n) is 3.15. The predicted octanol–water partition coefficient (Wildman–Crippen LogP) is 2.08. The lowest BCUT2D eigenvalue weighted by Gasteiger charge is -2.30. The number of imidazole rings is 1. The van der Waals surface area contributed by atoms with Crippen molar-refractivity contribution in [2.24, 2.45) is 13.0 Å². The Morgan fingerprint density at radius 3 is 2.77 bits per heavy atom. The minimum Gasteiger partial charge on any atom is -0.339 e. The molecule has 1 saturated heterocycles. The SMILES string of the molecule is Cc1cccc(NC(=O)[C@H]2CCCN(S(=O)(=O)c3cn(C)cn3)C2)c1C. The molecular formula is C18H24N4O3S. The number of carbonyl (C=O) groups is 1. The zero-order valence-corrected chi connectivity index (χ0v) is 16.1. The molecule has 26 heavy (non-hydrogen) atoms. The molecule has 0 spiro atoms. The molecule has 1 atom stereocenters. The minimum absolute atomic E-state index is 0.0237. The van der Waals surface area contributed by atoms with Crippen molar-refractivity contribution in [1.29, 1.82) is 0 Å². The predicted molar refractivity (Wildman–Crippen MR) is 99.2 cm³/mol. The van der Waals surface area contributed by atoms with Gasteiger partial charge in [0.05, 0.1) is 12.2 Å². The van der Waals surface area contributed by atoms with Gasteiger partial charge in [0.15, 0.2) is 5.03 Å². The van der Waals surface area contributed by atoms with Crippen LogP contribution in [0.25, 0.3) is 0 Å². The lowest BCUT2D eigenvalue weighted by molar-refractivity contribution is -0.120. The van der Waals surface area contributed by atoms with E-state index in [-0.39, 0.29) is 23.4 Å². The van der Waals surface area contributed by atoms with Crippen molar-refractivity contribution < 1.29 is 13.2 Å². The van der Waals surface area contributed by atoms with Gasteiger partial charge < -0.3 is 9.88 Å². The highest BCUT2D eigenvalue weighted by atomic mass is 32.2. The molecule has 2 heterocycles. The molecule has 1 aliphatic rings. The normalized spacial score (nSPS) is 18.7. The zero-order chi connectivity index (χ0) is 18.9. The molecule has 1 aromatic carbocycles. The molecule has 8 heteroatoms. The van der Waals surface area contributed by atoms with Crippen LogP contribution < -0.4 is 5.32 Å². The molecule has 0 saturated carbocycles. The van der Waals surface area contributed by atoms with Gasteiger partial charge in [-0.05, 0) is 43.9 Å². The summed E-state index contributed by atoms with van der Waals surface area (Å²) in [4.78, 5) is 16.6. The van der Waals surface area contributed by atoms with Crippen molar-refractivity contribution in [2.75, 3.05) is 18.4 Å². The average molecular weight is 376 g/mol. The van der Waals surface area contributed by atoms with E-state index in [4.69, 9.17) is 0 Å². The lowest BCUT2D eigenvalue weighted by atomic mass is 9.98. The van der Waals surface area contributed by atoms with Gasteiger partial charge in [-0.1, -0.05) is 12.1 Å². The molecule has 140 valence electrons. The van der Waals surface area contributed by atoms with Crippen LogP contribution >= 0.6 is 0 Å². The van der Waals surface area contributed by atoms with E-state index < -0.39 is 10.0 Å². The molecular weight excluding hydrogens is 352 g/mol. The first kappa shape index (κ1) is 18.6. The maximum atomic E-state index is 12.7. The molecule has 1 amide bonds.